The van der Waals surface area contributed by atoms with Gasteiger partial charge in [-0.25, -0.2) is 4.79 Å². The minimum atomic E-state index is -0.850. The van der Waals surface area contributed by atoms with E-state index in [1.807, 2.05) is 44.2 Å². The van der Waals surface area contributed by atoms with Crippen LogP contribution >= 0.6 is 0 Å². The van der Waals surface area contributed by atoms with Gasteiger partial charge in [-0.15, -0.1) is 0 Å². The van der Waals surface area contributed by atoms with E-state index in [0.717, 1.165) is 24.5 Å². The van der Waals surface area contributed by atoms with Crippen molar-refractivity contribution < 1.29 is 18.7 Å². The van der Waals surface area contributed by atoms with Gasteiger partial charge in [0.25, 0.3) is 5.91 Å². The fourth-order valence-electron chi connectivity index (χ4n) is 2.99. The van der Waals surface area contributed by atoms with Crippen molar-refractivity contribution in [3.8, 4) is 0 Å². The molecule has 0 unspecified atom stereocenters. The van der Waals surface area contributed by atoms with Gasteiger partial charge in [0.2, 0.25) is 5.76 Å². The van der Waals surface area contributed by atoms with Gasteiger partial charge in [0, 0.05) is 12.1 Å². The van der Waals surface area contributed by atoms with Crippen LogP contribution in [0.5, 0.6) is 0 Å². The number of rotatable bonds is 7. The number of amides is 1. The maximum absolute atomic E-state index is 12.2. The molecule has 0 saturated carbocycles. The Hall–Kier alpha value is -3.41. The number of esters is 1. The summed E-state index contributed by atoms with van der Waals surface area (Å²) in [5, 5.41) is 3.19. The predicted molar refractivity (Wildman–Crippen MR) is 110 cm³/mol. The fraction of sp³-hybridized carbons (Fsp3) is 0.261. The summed E-state index contributed by atoms with van der Waals surface area (Å²) < 4.78 is 10.5. The summed E-state index contributed by atoms with van der Waals surface area (Å²) in [6.07, 6.45) is 1.60. The molecule has 1 N–H and O–H groups in total. The Kier molecular flexibility index (Phi) is 6.44. The third-order valence-corrected chi connectivity index (χ3v) is 4.53. The SMILES string of the molecule is Cc1ccc2oc(C(=O)OCC(=O)N[C@H](C)CCc3ccccc3)cc(=O)c2c1. The van der Waals surface area contributed by atoms with Crippen molar-refractivity contribution in [1.82, 2.24) is 5.32 Å². The summed E-state index contributed by atoms with van der Waals surface area (Å²) in [6, 6.07) is 16.1. The largest absolute Gasteiger partial charge is 0.450 e. The van der Waals surface area contributed by atoms with Gasteiger partial charge in [0.1, 0.15) is 5.58 Å². The highest BCUT2D eigenvalue weighted by atomic mass is 16.5. The topological polar surface area (TPSA) is 85.6 Å². The van der Waals surface area contributed by atoms with Gasteiger partial charge in [-0.1, -0.05) is 42.0 Å². The first-order chi connectivity index (χ1) is 13.9. The molecule has 0 spiro atoms. The van der Waals surface area contributed by atoms with E-state index < -0.39 is 18.5 Å². The number of nitrogens with one attached hydrogen (secondary N) is 1. The molecule has 3 rings (SSSR count). The number of carbonyl (C=O) groups is 2. The Labute approximate surface area is 168 Å². The van der Waals surface area contributed by atoms with Gasteiger partial charge in [-0.3, -0.25) is 9.59 Å². The third kappa shape index (κ3) is 5.54. The van der Waals surface area contributed by atoms with Crippen molar-refractivity contribution in [1.29, 1.82) is 0 Å². The van der Waals surface area contributed by atoms with Crippen LogP contribution in [0, 0.1) is 6.92 Å². The molecule has 150 valence electrons. The molecule has 6 nitrogen and oxygen atoms in total. The van der Waals surface area contributed by atoms with E-state index in [-0.39, 0.29) is 17.2 Å². The first-order valence-corrected chi connectivity index (χ1v) is 9.47. The third-order valence-electron chi connectivity index (χ3n) is 4.53. The van der Waals surface area contributed by atoms with Crippen LogP contribution in [-0.4, -0.2) is 24.5 Å². The van der Waals surface area contributed by atoms with Gasteiger partial charge in [-0.05, 0) is 44.4 Å². The lowest BCUT2D eigenvalue weighted by molar-refractivity contribution is -0.124. The van der Waals surface area contributed by atoms with Crippen LogP contribution in [0.15, 0.2) is 63.8 Å². The molecule has 6 heteroatoms. The second-order valence-electron chi connectivity index (χ2n) is 7.04. The van der Waals surface area contributed by atoms with E-state index in [0.29, 0.717) is 11.0 Å². The molecule has 0 aliphatic carbocycles. The van der Waals surface area contributed by atoms with Gasteiger partial charge in [-0.2, -0.15) is 0 Å². The quantitative estimate of drug-likeness (QED) is 0.622. The molecule has 0 fully saturated rings. The van der Waals surface area contributed by atoms with Crippen LogP contribution in [0.25, 0.3) is 11.0 Å². The van der Waals surface area contributed by atoms with E-state index in [4.69, 9.17) is 9.15 Å². The molecule has 3 aromatic rings. The van der Waals surface area contributed by atoms with E-state index in [1.165, 1.54) is 5.56 Å². The summed E-state index contributed by atoms with van der Waals surface area (Å²) in [6.45, 7) is 3.32. The highest BCUT2D eigenvalue weighted by Gasteiger charge is 2.16. The first kappa shape index (κ1) is 20.3. The minimum Gasteiger partial charge on any atom is -0.450 e. The number of ether oxygens (including phenoxy) is 1. The van der Waals surface area contributed by atoms with E-state index in [2.05, 4.69) is 5.32 Å². The van der Waals surface area contributed by atoms with Gasteiger partial charge in [0.05, 0.1) is 5.39 Å². The highest BCUT2D eigenvalue weighted by molar-refractivity contribution is 5.90. The summed E-state index contributed by atoms with van der Waals surface area (Å²) in [5.41, 5.74) is 2.08. The molecular formula is C23H23NO5. The maximum Gasteiger partial charge on any atom is 0.374 e. The van der Waals surface area contributed by atoms with Crippen LogP contribution < -0.4 is 10.7 Å². The summed E-state index contributed by atoms with van der Waals surface area (Å²) >= 11 is 0. The van der Waals surface area contributed by atoms with Crippen molar-refractivity contribution >= 4 is 22.8 Å². The average molecular weight is 393 g/mol. The lowest BCUT2D eigenvalue weighted by Crippen LogP contribution is -2.36. The molecule has 29 heavy (non-hydrogen) atoms. The number of carbonyl (C=O) groups excluding carboxylic acids is 2. The monoisotopic (exact) mass is 393 g/mol. The lowest BCUT2D eigenvalue weighted by atomic mass is 10.1. The van der Waals surface area contributed by atoms with Crippen molar-refractivity contribution in [2.45, 2.75) is 32.7 Å². The van der Waals surface area contributed by atoms with E-state index in [9.17, 15) is 14.4 Å². The van der Waals surface area contributed by atoms with Crippen LogP contribution in [0.4, 0.5) is 0 Å². The smallest absolute Gasteiger partial charge is 0.374 e. The van der Waals surface area contributed by atoms with Gasteiger partial charge < -0.3 is 14.5 Å². The Balaban J connectivity index is 1.52. The molecule has 1 heterocycles. The zero-order valence-electron chi connectivity index (χ0n) is 16.4. The Morgan fingerprint density at radius 2 is 1.86 bits per heavy atom. The molecule has 1 amide bonds. The lowest BCUT2D eigenvalue weighted by Gasteiger charge is -2.14. The van der Waals surface area contributed by atoms with E-state index in [1.54, 1.807) is 18.2 Å². The Morgan fingerprint density at radius 3 is 2.62 bits per heavy atom. The van der Waals surface area contributed by atoms with Crippen molar-refractivity contribution in [2.75, 3.05) is 6.61 Å². The van der Waals surface area contributed by atoms with E-state index >= 15 is 0 Å². The zero-order valence-corrected chi connectivity index (χ0v) is 16.4. The molecular weight excluding hydrogens is 370 g/mol. The van der Waals surface area contributed by atoms with Crippen molar-refractivity contribution in [3.05, 3.63) is 81.7 Å². The maximum atomic E-state index is 12.2. The predicted octanol–water partition coefficient (Wildman–Crippen LogP) is 3.40. The van der Waals surface area contributed by atoms with Crippen LogP contribution in [0.3, 0.4) is 0 Å². The second kappa shape index (κ2) is 9.19. The standard InChI is InChI=1S/C23H23NO5/c1-15-8-11-20-18(12-15)19(25)13-21(29-20)23(27)28-14-22(26)24-16(2)9-10-17-6-4-3-5-7-17/h3-8,11-13,16H,9-10,14H2,1-2H3,(H,24,26)/t16-/m1/s1. The van der Waals surface area contributed by atoms with Crippen molar-refractivity contribution in [3.63, 3.8) is 0 Å². The molecule has 0 saturated heterocycles. The highest BCUT2D eigenvalue weighted by Crippen LogP contribution is 2.14. The summed E-state index contributed by atoms with van der Waals surface area (Å²) in [5.74, 6) is -1.48. The number of hydrogen-bond donors (Lipinski definition) is 1. The molecule has 0 aliphatic heterocycles. The van der Waals surface area contributed by atoms with Gasteiger partial charge in [0.15, 0.2) is 12.0 Å². The van der Waals surface area contributed by atoms with Gasteiger partial charge >= 0.3 is 5.97 Å². The molecule has 0 radical (unpaired) electrons. The first-order valence-electron chi connectivity index (χ1n) is 9.47. The Morgan fingerprint density at radius 1 is 1.10 bits per heavy atom. The summed E-state index contributed by atoms with van der Waals surface area (Å²) in [7, 11) is 0. The molecule has 0 aliphatic rings. The number of fused-ring (bicyclic) bond motifs is 1. The second-order valence-corrected chi connectivity index (χ2v) is 7.04. The van der Waals surface area contributed by atoms with Crippen LogP contribution in [0.1, 0.15) is 35.0 Å². The van der Waals surface area contributed by atoms with Crippen molar-refractivity contribution in [2.24, 2.45) is 0 Å². The average Bonchev–Trinajstić information content (AvgIpc) is 2.71. The number of benzene rings is 2. The Bertz CT molecular complexity index is 1070. The van der Waals surface area contributed by atoms with Crippen LogP contribution in [0.2, 0.25) is 0 Å². The minimum absolute atomic E-state index is 0.0664. The zero-order chi connectivity index (χ0) is 20.8. The van der Waals surface area contributed by atoms with Crippen LogP contribution in [-0.2, 0) is 16.0 Å². The summed E-state index contributed by atoms with van der Waals surface area (Å²) in [4.78, 5) is 36.4. The number of aryl methyl sites for hydroxylation is 2. The number of hydrogen-bond acceptors (Lipinski definition) is 5. The normalized spacial score (nSPS) is 11.8. The fourth-order valence-corrected chi connectivity index (χ4v) is 2.99. The molecule has 0 bridgehead atoms. The molecule has 2 aromatic carbocycles. The molecule has 1 aromatic heterocycles. The molecule has 1 atom stereocenters.